The van der Waals surface area contributed by atoms with Crippen LogP contribution in [0.15, 0.2) is 24.3 Å². The van der Waals surface area contributed by atoms with Crippen LogP contribution < -0.4 is 5.32 Å². The van der Waals surface area contributed by atoms with Crippen molar-refractivity contribution in [2.45, 2.75) is 84.0 Å². The molecule has 1 amide bonds. The monoisotopic (exact) mass is 377 g/mol. The number of nitrogens with one attached hydrogen (secondary N) is 1. The molecular formula is C20H35CaNO3. The number of allylic oxidation sites excluding steroid dienone is 4. The zero-order chi connectivity index (χ0) is 17.9. The van der Waals surface area contributed by atoms with Gasteiger partial charge in [0, 0.05) is 44.2 Å². The molecule has 2 N–H and O–H groups in total. The molecule has 4 nitrogen and oxygen atoms in total. The zero-order valence-corrected chi connectivity index (χ0v) is 18.2. The predicted molar refractivity (Wildman–Crippen MR) is 106 cm³/mol. The topological polar surface area (TPSA) is 66.4 Å². The van der Waals surface area contributed by atoms with Crippen molar-refractivity contribution in [3.63, 3.8) is 0 Å². The van der Waals surface area contributed by atoms with Crippen LogP contribution in [-0.2, 0) is 9.59 Å². The van der Waals surface area contributed by atoms with Crippen LogP contribution in [0.4, 0.5) is 0 Å². The third-order valence-electron chi connectivity index (χ3n) is 3.79. The van der Waals surface area contributed by atoms with Gasteiger partial charge in [0.2, 0.25) is 5.91 Å². The molecular weight excluding hydrogens is 342 g/mol. The number of carbonyl (C=O) groups excluding carboxylic acids is 1. The first-order valence-corrected chi connectivity index (χ1v) is 9.45. The smallest absolute Gasteiger partial charge is 0.322 e. The minimum Gasteiger partial charge on any atom is -0.480 e. The summed E-state index contributed by atoms with van der Waals surface area (Å²) < 4.78 is 0. The van der Waals surface area contributed by atoms with Gasteiger partial charge in [-0.15, -0.1) is 0 Å². The maximum Gasteiger partial charge on any atom is 0.322 e. The summed E-state index contributed by atoms with van der Waals surface area (Å²) in [5, 5.41) is 10.8. The van der Waals surface area contributed by atoms with E-state index in [1.54, 1.807) is 0 Å². The minimum atomic E-state index is -0.997. The summed E-state index contributed by atoms with van der Waals surface area (Å²) in [7, 11) is 0. The average Bonchev–Trinajstić information content (AvgIpc) is 2.56. The van der Waals surface area contributed by atoms with Gasteiger partial charge < -0.3 is 10.4 Å². The molecule has 0 aliphatic carbocycles. The quantitative estimate of drug-likeness (QED) is 0.234. The summed E-state index contributed by atoms with van der Waals surface area (Å²) in [4.78, 5) is 21.6. The van der Waals surface area contributed by atoms with Crippen LogP contribution in [0.2, 0.25) is 0 Å². The van der Waals surface area contributed by atoms with Gasteiger partial charge in [-0.25, -0.2) is 0 Å². The average molecular weight is 378 g/mol. The van der Waals surface area contributed by atoms with Crippen LogP contribution in [-0.4, -0.2) is 61.3 Å². The Kier molecular flexibility index (Phi) is 23.4. The third-order valence-corrected chi connectivity index (χ3v) is 3.79. The van der Waals surface area contributed by atoms with Crippen molar-refractivity contribution in [1.29, 1.82) is 0 Å². The maximum atomic E-state index is 11.3. The Morgan fingerprint density at radius 2 is 1.40 bits per heavy atom. The normalized spacial score (nSPS) is 10.9. The number of unbranched alkanes of at least 4 members (excludes halogenated alkanes) is 8. The van der Waals surface area contributed by atoms with E-state index in [9.17, 15) is 9.59 Å². The van der Waals surface area contributed by atoms with Crippen LogP contribution in [0.3, 0.4) is 0 Å². The summed E-state index contributed by atoms with van der Waals surface area (Å²) >= 11 is 0. The first-order valence-electron chi connectivity index (χ1n) is 9.45. The molecule has 0 aliphatic heterocycles. The molecule has 0 aromatic heterocycles. The second-order valence-electron chi connectivity index (χ2n) is 6.15. The molecule has 0 bridgehead atoms. The van der Waals surface area contributed by atoms with Crippen molar-refractivity contribution in [3.05, 3.63) is 24.3 Å². The van der Waals surface area contributed by atoms with E-state index in [0.717, 1.165) is 32.1 Å². The molecule has 2 radical (unpaired) electrons. The SMILES string of the molecule is CCCCC/C=C\C/C=C\CCCCCCCC(=O)NCC(=O)O.[Ca]. The first kappa shape index (κ1) is 26.9. The number of rotatable bonds is 16. The van der Waals surface area contributed by atoms with Crippen molar-refractivity contribution in [2.24, 2.45) is 0 Å². The number of carbonyl (C=O) groups is 2. The molecule has 0 spiro atoms. The van der Waals surface area contributed by atoms with Crippen LogP contribution in [0.1, 0.15) is 84.0 Å². The van der Waals surface area contributed by atoms with E-state index in [0.29, 0.717) is 6.42 Å². The van der Waals surface area contributed by atoms with E-state index in [1.807, 2.05) is 0 Å². The number of hydrogen-bond acceptors (Lipinski definition) is 2. The number of amides is 1. The summed E-state index contributed by atoms with van der Waals surface area (Å²) in [6.07, 6.45) is 22.1. The van der Waals surface area contributed by atoms with Crippen LogP contribution >= 0.6 is 0 Å². The van der Waals surface area contributed by atoms with Gasteiger partial charge in [0.15, 0.2) is 0 Å². The van der Waals surface area contributed by atoms with Crippen molar-refractivity contribution in [3.8, 4) is 0 Å². The summed E-state index contributed by atoms with van der Waals surface area (Å²) in [6, 6.07) is 0. The van der Waals surface area contributed by atoms with Crippen LogP contribution in [0.25, 0.3) is 0 Å². The second kappa shape index (κ2) is 21.7. The fourth-order valence-corrected chi connectivity index (χ4v) is 2.36. The van der Waals surface area contributed by atoms with Gasteiger partial charge in [-0.1, -0.05) is 63.3 Å². The van der Waals surface area contributed by atoms with Crippen LogP contribution in [0, 0.1) is 0 Å². The van der Waals surface area contributed by atoms with Crippen molar-refractivity contribution < 1.29 is 14.7 Å². The minimum absolute atomic E-state index is 0. The molecule has 0 unspecified atom stereocenters. The van der Waals surface area contributed by atoms with Gasteiger partial charge in [0.1, 0.15) is 6.54 Å². The van der Waals surface area contributed by atoms with Crippen molar-refractivity contribution in [1.82, 2.24) is 5.32 Å². The number of hydrogen-bond donors (Lipinski definition) is 2. The Morgan fingerprint density at radius 1 is 0.840 bits per heavy atom. The first-order chi connectivity index (χ1) is 11.7. The Balaban J connectivity index is 0. The maximum absolute atomic E-state index is 11.3. The largest absolute Gasteiger partial charge is 0.480 e. The summed E-state index contributed by atoms with van der Waals surface area (Å²) in [5.41, 5.74) is 0. The van der Waals surface area contributed by atoms with Gasteiger partial charge in [-0.05, 0) is 38.5 Å². The number of carboxylic acid groups (broad SMARTS) is 1. The molecule has 0 aliphatic rings. The van der Waals surface area contributed by atoms with E-state index in [2.05, 4.69) is 36.5 Å². The molecule has 0 fully saturated rings. The van der Waals surface area contributed by atoms with Gasteiger partial charge in [-0.2, -0.15) is 0 Å². The Hall–Kier alpha value is -0.320. The fraction of sp³-hybridized carbons (Fsp3) is 0.700. The molecule has 0 aromatic carbocycles. The third kappa shape index (κ3) is 23.7. The molecule has 25 heavy (non-hydrogen) atoms. The molecule has 0 atom stereocenters. The van der Waals surface area contributed by atoms with Crippen molar-refractivity contribution >= 4 is 49.6 Å². The fourth-order valence-electron chi connectivity index (χ4n) is 2.36. The van der Waals surface area contributed by atoms with E-state index in [1.165, 1.54) is 38.5 Å². The molecule has 0 saturated carbocycles. The predicted octanol–water partition coefficient (Wildman–Crippen LogP) is 4.62. The van der Waals surface area contributed by atoms with E-state index in [-0.39, 0.29) is 50.2 Å². The number of carboxylic acids is 1. The second-order valence-corrected chi connectivity index (χ2v) is 6.15. The molecule has 5 heteroatoms. The van der Waals surface area contributed by atoms with Gasteiger partial charge in [0.25, 0.3) is 0 Å². The van der Waals surface area contributed by atoms with Crippen LogP contribution in [0.5, 0.6) is 0 Å². The van der Waals surface area contributed by atoms with E-state index < -0.39 is 5.97 Å². The molecule has 0 heterocycles. The van der Waals surface area contributed by atoms with E-state index in [4.69, 9.17) is 5.11 Å². The van der Waals surface area contributed by atoms with Gasteiger partial charge >= 0.3 is 5.97 Å². The zero-order valence-electron chi connectivity index (χ0n) is 16.0. The summed E-state index contributed by atoms with van der Waals surface area (Å²) in [6.45, 7) is 1.95. The Labute approximate surface area is 183 Å². The molecule has 0 rings (SSSR count). The molecule has 0 saturated heterocycles. The van der Waals surface area contributed by atoms with E-state index >= 15 is 0 Å². The Bertz CT molecular complexity index is 381. The van der Waals surface area contributed by atoms with Gasteiger partial charge in [0.05, 0.1) is 0 Å². The standard InChI is InChI=1S/C20H35NO3.Ca/c1-2-3-4-5-6-7-8-9-10-11-12-13-14-15-16-17-19(22)21-18-20(23)24;/h6-7,9-10H,2-5,8,11-18H2,1H3,(H,21,22)(H,23,24);/b7-6-,10-9-;. The van der Waals surface area contributed by atoms with Crippen molar-refractivity contribution in [2.75, 3.05) is 6.54 Å². The number of aliphatic carboxylic acids is 1. The van der Waals surface area contributed by atoms with Gasteiger partial charge in [-0.3, -0.25) is 9.59 Å². The summed E-state index contributed by atoms with van der Waals surface area (Å²) in [5.74, 6) is -1.16. The molecule has 0 aromatic rings. The Morgan fingerprint density at radius 3 is 2.00 bits per heavy atom. The molecule has 140 valence electrons.